The Bertz CT molecular complexity index is 1000. The van der Waals surface area contributed by atoms with Gasteiger partial charge in [0.2, 0.25) is 17.7 Å². The van der Waals surface area contributed by atoms with E-state index in [2.05, 4.69) is 16.0 Å². The number of amides is 4. The van der Waals surface area contributed by atoms with Crippen molar-refractivity contribution in [3.05, 3.63) is 54.1 Å². The molecular weight excluding hydrogens is 384 g/mol. The highest BCUT2D eigenvalue weighted by molar-refractivity contribution is 6.10. The van der Waals surface area contributed by atoms with Gasteiger partial charge in [-0.25, -0.2) is 0 Å². The third kappa shape index (κ3) is 4.17. The van der Waals surface area contributed by atoms with Crippen LogP contribution in [-0.2, 0) is 14.4 Å². The number of rotatable bonds is 5. The minimum absolute atomic E-state index is 0.0705. The Morgan fingerprint density at radius 2 is 1.83 bits per heavy atom. The van der Waals surface area contributed by atoms with Crippen molar-refractivity contribution in [2.24, 2.45) is 0 Å². The molecule has 1 saturated heterocycles. The number of benzene rings is 2. The quantitative estimate of drug-likeness (QED) is 0.708. The maximum atomic E-state index is 12.4. The van der Waals surface area contributed by atoms with Gasteiger partial charge in [0.15, 0.2) is 0 Å². The number of anilines is 3. The van der Waals surface area contributed by atoms with Crippen molar-refractivity contribution in [2.45, 2.75) is 31.7 Å². The van der Waals surface area contributed by atoms with E-state index in [0.717, 1.165) is 12.1 Å². The molecule has 0 spiro atoms. The molecule has 0 radical (unpaired) electrons. The first-order chi connectivity index (χ1) is 14.5. The summed E-state index contributed by atoms with van der Waals surface area (Å²) < 4.78 is 0. The Morgan fingerprint density at radius 1 is 1.07 bits per heavy atom. The van der Waals surface area contributed by atoms with Crippen molar-refractivity contribution >= 4 is 40.7 Å². The molecule has 2 aromatic rings. The van der Waals surface area contributed by atoms with Crippen LogP contribution in [0.15, 0.2) is 48.5 Å². The molecule has 0 aromatic heterocycles. The topological polar surface area (TPSA) is 108 Å². The number of carbonyl (C=O) groups excluding carboxylic acids is 4. The molecule has 0 bridgehead atoms. The number of nitrogens with zero attached hydrogens (tertiary/aromatic N) is 1. The maximum absolute atomic E-state index is 12.4. The first kappa shape index (κ1) is 19.6. The van der Waals surface area contributed by atoms with Gasteiger partial charge in [-0.05, 0) is 49.2 Å². The predicted molar refractivity (Wildman–Crippen MR) is 112 cm³/mol. The molecule has 1 fully saturated rings. The molecule has 2 heterocycles. The molecular formula is C22H22N4O4. The average molecular weight is 406 g/mol. The summed E-state index contributed by atoms with van der Waals surface area (Å²) in [4.78, 5) is 50.6. The zero-order valence-electron chi connectivity index (χ0n) is 16.3. The van der Waals surface area contributed by atoms with Crippen molar-refractivity contribution < 1.29 is 19.2 Å². The smallest absolute Gasteiger partial charge is 0.254 e. The Morgan fingerprint density at radius 3 is 2.57 bits per heavy atom. The van der Waals surface area contributed by atoms with Gasteiger partial charge in [0.05, 0.1) is 11.3 Å². The second-order valence-electron chi connectivity index (χ2n) is 7.34. The Labute approximate surface area is 173 Å². The van der Waals surface area contributed by atoms with E-state index in [4.69, 9.17) is 0 Å². The molecule has 3 N–H and O–H groups in total. The first-order valence-electron chi connectivity index (χ1n) is 9.92. The molecule has 2 aromatic carbocycles. The van der Waals surface area contributed by atoms with E-state index in [-0.39, 0.29) is 36.5 Å². The van der Waals surface area contributed by atoms with Crippen molar-refractivity contribution in [1.29, 1.82) is 0 Å². The van der Waals surface area contributed by atoms with E-state index in [1.807, 2.05) is 0 Å². The van der Waals surface area contributed by atoms with Gasteiger partial charge in [0.25, 0.3) is 5.91 Å². The minimum Gasteiger partial charge on any atom is -0.340 e. The average Bonchev–Trinajstić information content (AvgIpc) is 3.12. The van der Waals surface area contributed by atoms with Crippen LogP contribution in [0.5, 0.6) is 0 Å². The third-order valence-corrected chi connectivity index (χ3v) is 5.25. The van der Waals surface area contributed by atoms with Gasteiger partial charge >= 0.3 is 0 Å². The van der Waals surface area contributed by atoms with Crippen LogP contribution in [0.2, 0.25) is 0 Å². The zero-order valence-corrected chi connectivity index (χ0v) is 16.3. The number of nitrogens with one attached hydrogen (secondary N) is 3. The van der Waals surface area contributed by atoms with Gasteiger partial charge < -0.3 is 20.9 Å². The molecule has 30 heavy (non-hydrogen) atoms. The van der Waals surface area contributed by atoms with E-state index in [0.29, 0.717) is 29.9 Å². The van der Waals surface area contributed by atoms with E-state index in [1.165, 1.54) is 0 Å². The van der Waals surface area contributed by atoms with Gasteiger partial charge in [0, 0.05) is 30.8 Å². The maximum Gasteiger partial charge on any atom is 0.254 e. The fraction of sp³-hybridized carbons (Fsp3) is 0.273. The molecule has 2 aliphatic rings. The summed E-state index contributed by atoms with van der Waals surface area (Å²) in [5.74, 6) is -0.844. The Kier molecular flexibility index (Phi) is 5.47. The number of para-hydroxylation sites is 1. The fourth-order valence-electron chi connectivity index (χ4n) is 3.66. The molecule has 8 heteroatoms. The molecule has 154 valence electrons. The summed E-state index contributed by atoms with van der Waals surface area (Å²) in [7, 11) is 0. The fourth-order valence-corrected chi connectivity index (χ4v) is 3.66. The van der Waals surface area contributed by atoms with Gasteiger partial charge in [-0.3, -0.25) is 19.2 Å². The van der Waals surface area contributed by atoms with Gasteiger partial charge in [-0.2, -0.15) is 0 Å². The van der Waals surface area contributed by atoms with Crippen molar-refractivity contribution in [3.63, 3.8) is 0 Å². The Balaban J connectivity index is 1.32. The minimum atomic E-state index is -0.792. The van der Waals surface area contributed by atoms with Gasteiger partial charge in [-0.15, -0.1) is 0 Å². The van der Waals surface area contributed by atoms with Crippen LogP contribution in [0.25, 0.3) is 0 Å². The zero-order chi connectivity index (χ0) is 21.1. The largest absolute Gasteiger partial charge is 0.340 e. The second kappa shape index (κ2) is 8.36. The van der Waals surface area contributed by atoms with Gasteiger partial charge in [-0.1, -0.05) is 12.1 Å². The monoisotopic (exact) mass is 406 g/mol. The lowest BCUT2D eigenvalue weighted by Crippen LogP contribution is -2.41. The summed E-state index contributed by atoms with van der Waals surface area (Å²) in [5.41, 5.74) is 2.28. The predicted octanol–water partition coefficient (Wildman–Crippen LogP) is 2.28. The molecule has 4 amide bonds. The van der Waals surface area contributed by atoms with Crippen LogP contribution >= 0.6 is 0 Å². The molecule has 1 atom stereocenters. The van der Waals surface area contributed by atoms with E-state index >= 15 is 0 Å². The van der Waals surface area contributed by atoms with Crippen LogP contribution in [0.3, 0.4) is 0 Å². The van der Waals surface area contributed by atoms with Crippen LogP contribution in [0, 0.1) is 0 Å². The highest BCUT2D eigenvalue weighted by Gasteiger charge is 2.28. The molecule has 0 saturated carbocycles. The Hall–Kier alpha value is -3.68. The number of carbonyl (C=O) groups is 4. The lowest BCUT2D eigenvalue weighted by molar-refractivity contribution is -0.119. The lowest BCUT2D eigenvalue weighted by Gasteiger charge is -2.16. The van der Waals surface area contributed by atoms with E-state index < -0.39 is 6.04 Å². The molecule has 0 unspecified atom stereocenters. The number of hydrogen-bond donors (Lipinski definition) is 3. The normalized spacial score (nSPS) is 18.3. The summed E-state index contributed by atoms with van der Waals surface area (Å²) >= 11 is 0. The molecule has 2 aliphatic heterocycles. The second-order valence-corrected chi connectivity index (χ2v) is 7.34. The van der Waals surface area contributed by atoms with Crippen molar-refractivity contribution in [1.82, 2.24) is 5.32 Å². The summed E-state index contributed by atoms with van der Waals surface area (Å²) in [6.07, 6.45) is 1.67. The van der Waals surface area contributed by atoms with Crippen LogP contribution in [0.1, 0.15) is 36.0 Å². The highest BCUT2D eigenvalue weighted by atomic mass is 16.2. The molecule has 0 aliphatic carbocycles. The summed E-state index contributed by atoms with van der Waals surface area (Å²) in [6, 6.07) is 13.1. The summed E-state index contributed by atoms with van der Waals surface area (Å²) in [5, 5.41) is 8.19. The lowest BCUT2D eigenvalue weighted by atomic mass is 10.1. The van der Waals surface area contributed by atoms with Crippen molar-refractivity contribution in [3.8, 4) is 0 Å². The molecule has 8 nitrogen and oxygen atoms in total. The van der Waals surface area contributed by atoms with Crippen LogP contribution in [-0.4, -0.2) is 36.2 Å². The number of hydrogen-bond acceptors (Lipinski definition) is 4. The van der Waals surface area contributed by atoms with Crippen LogP contribution in [0.4, 0.5) is 17.1 Å². The SMILES string of the molecule is O=C(CC[C@@H]1NC(=O)c2ccccc2NC1=O)Nc1ccc(N2CCCC2=O)cc1. The van der Waals surface area contributed by atoms with Gasteiger partial charge in [0.1, 0.15) is 6.04 Å². The summed E-state index contributed by atoms with van der Waals surface area (Å²) in [6.45, 7) is 0.712. The first-order valence-corrected chi connectivity index (χ1v) is 9.92. The van der Waals surface area contributed by atoms with E-state index in [1.54, 1.807) is 53.4 Å². The van der Waals surface area contributed by atoms with Crippen LogP contribution < -0.4 is 20.9 Å². The van der Waals surface area contributed by atoms with Crippen molar-refractivity contribution in [2.75, 3.05) is 22.1 Å². The molecule has 4 rings (SSSR count). The van der Waals surface area contributed by atoms with E-state index in [9.17, 15) is 19.2 Å². The number of fused-ring (bicyclic) bond motifs is 1. The standard InChI is InChI=1S/C22H22N4O4/c27-19(23-14-7-9-15(10-8-14)26-13-3-6-20(26)28)12-11-18-22(30)24-17-5-2-1-4-16(17)21(29)25-18/h1-2,4-5,7-10,18H,3,6,11-13H2,(H,23,27)(H,24,30)(H,25,29)/t18-/m0/s1. The third-order valence-electron chi connectivity index (χ3n) is 5.25. The highest BCUT2D eigenvalue weighted by Crippen LogP contribution is 2.23.